The van der Waals surface area contributed by atoms with Crippen LogP contribution >= 0.6 is 0 Å². The van der Waals surface area contributed by atoms with Crippen LogP contribution in [-0.4, -0.2) is 11.0 Å². The lowest BCUT2D eigenvalue weighted by Gasteiger charge is -2.24. The molecule has 2 amide bonds. The van der Waals surface area contributed by atoms with Gasteiger partial charge in [-0.05, 0) is 36.6 Å². The van der Waals surface area contributed by atoms with Gasteiger partial charge in [-0.2, -0.15) is 0 Å². The number of hydrogen-bond donors (Lipinski definition) is 2. The average Bonchev–Trinajstić information content (AvgIpc) is 3.16. The zero-order chi connectivity index (χ0) is 20.8. The van der Waals surface area contributed by atoms with Gasteiger partial charge in [0.05, 0.1) is 11.4 Å². The van der Waals surface area contributed by atoms with E-state index in [4.69, 9.17) is 0 Å². The molecule has 4 nitrogen and oxygen atoms in total. The Morgan fingerprint density at radius 3 is 2.30 bits per heavy atom. The van der Waals surface area contributed by atoms with Gasteiger partial charge in [-0.3, -0.25) is 4.90 Å². The summed E-state index contributed by atoms with van der Waals surface area (Å²) in [6, 6.07) is 27.9. The van der Waals surface area contributed by atoms with E-state index in [9.17, 15) is 4.79 Å². The molecule has 3 aromatic carbocycles. The predicted molar refractivity (Wildman–Crippen MR) is 124 cm³/mol. The Balaban J connectivity index is 1.76. The van der Waals surface area contributed by atoms with E-state index in [2.05, 4.69) is 29.4 Å². The number of rotatable bonds is 7. The van der Waals surface area contributed by atoms with Crippen LogP contribution in [0.25, 0.3) is 10.9 Å². The Kier molecular flexibility index (Phi) is 6.14. The minimum Gasteiger partial charge on any atom is -0.357 e. The summed E-state index contributed by atoms with van der Waals surface area (Å²) in [5.41, 5.74) is 5.01. The highest BCUT2D eigenvalue weighted by Gasteiger charge is 2.24. The Morgan fingerprint density at radius 1 is 0.900 bits per heavy atom. The number of carbonyl (C=O) groups is 1. The molecule has 0 aliphatic carbocycles. The predicted octanol–water partition coefficient (Wildman–Crippen LogP) is 6.56. The first-order valence-corrected chi connectivity index (χ1v) is 10.5. The van der Waals surface area contributed by atoms with Crippen molar-refractivity contribution in [3.05, 3.63) is 96.2 Å². The molecule has 0 saturated heterocycles. The summed E-state index contributed by atoms with van der Waals surface area (Å²) in [6.45, 7) is 2.67. The van der Waals surface area contributed by atoms with Gasteiger partial charge in [-0.15, -0.1) is 0 Å². The average molecular weight is 398 g/mol. The van der Waals surface area contributed by atoms with Gasteiger partial charge < -0.3 is 10.3 Å². The number of nitrogens with zero attached hydrogens (tertiary/aromatic N) is 1. The van der Waals surface area contributed by atoms with E-state index >= 15 is 0 Å². The van der Waals surface area contributed by atoms with Gasteiger partial charge in [-0.25, -0.2) is 4.79 Å². The van der Waals surface area contributed by atoms with Crippen LogP contribution < -0.4 is 10.2 Å². The number of amides is 2. The number of hydrogen-bond acceptors (Lipinski definition) is 1. The number of anilines is 2. The van der Waals surface area contributed by atoms with E-state index in [1.807, 2.05) is 77.7 Å². The molecule has 1 heterocycles. The van der Waals surface area contributed by atoms with Crippen molar-refractivity contribution in [1.29, 1.82) is 0 Å². The highest BCUT2D eigenvalue weighted by atomic mass is 16.2. The van der Waals surface area contributed by atoms with E-state index in [0.29, 0.717) is 6.54 Å². The molecule has 0 fully saturated rings. The topological polar surface area (TPSA) is 48.1 Å². The molecule has 4 rings (SSSR count). The summed E-state index contributed by atoms with van der Waals surface area (Å²) in [7, 11) is 0. The highest BCUT2D eigenvalue weighted by molar-refractivity contribution is 6.08. The monoisotopic (exact) mass is 397 g/mol. The SMILES string of the molecule is CCCCc1[nH]c2ccccc2c1N(C(=O)NCc1ccccc1)c1ccccc1. The highest BCUT2D eigenvalue weighted by Crippen LogP contribution is 2.36. The number of fused-ring (bicyclic) bond motifs is 1. The third kappa shape index (κ3) is 4.23. The normalized spacial score (nSPS) is 10.8. The van der Waals surface area contributed by atoms with Crippen LogP contribution in [-0.2, 0) is 13.0 Å². The molecule has 0 radical (unpaired) electrons. The van der Waals surface area contributed by atoms with Gasteiger partial charge >= 0.3 is 6.03 Å². The molecule has 0 spiro atoms. The van der Waals surface area contributed by atoms with Gasteiger partial charge in [0.25, 0.3) is 0 Å². The Hall–Kier alpha value is -3.53. The zero-order valence-electron chi connectivity index (χ0n) is 17.3. The fourth-order valence-corrected chi connectivity index (χ4v) is 3.75. The first-order valence-electron chi connectivity index (χ1n) is 10.5. The first-order chi connectivity index (χ1) is 14.8. The Bertz CT molecular complexity index is 1100. The van der Waals surface area contributed by atoms with Gasteiger partial charge in [0.1, 0.15) is 0 Å². The van der Waals surface area contributed by atoms with Gasteiger partial charge in [0, 0.05) is 23.1 Å². The van der Waals surface area contributed by atoms with Crippen molar-refractivity contribution in [3.8, 4) is 0 Å². The zero-order valence-corrected chi connectivity index (χ0v) is 17.3. The summed E-state index contributed by atoms with van der Waals surface area (Å²) < 4.78 is 0. The molecule has 1 aromatic heterocycles. The number of H-pyrrole nitrogens is 1. The molecule has 0 atom stereocenters. The molecular formula is C26H27N3O. The van der Waals surface area contributed by atoms with Gasteiger partial charge in [-0.1, -0.05) is 80.1 Å². The Morgan fingerprint density at radius 2 is 1.57 bits per heavy atom. The first kappa shape index (κ1) is 19.8. The van der Waals surface area contributed by atoms with Crippen LogP contribution in [0.15, 0.2) is 84.9 Å². The van der Waals surface area contributed by atoms with E-state index in [1.54, 1.807) is 0 Å². The van der Waals surface area contributed by atoms with E-state index in [1.165, 1.54) is 0 Å². The molecule has 30 heavy (non-hydrogen) atoms. The van der Waals surface area contributed by atoms with E-state index < -0.39 is 0 Å². The summed E-state index contributed by atoms with van der Waals surface area (Å²) >= 11 is 0. The largest absolute Gasteiger partial charge is 0.357 e. The van der Waals surface area contributed by atoms with Crippen molar-refractivity contribution in [2.75, 3.05) is 4.90 Å². The van der Waals surface area contributed by atoms with Crippen molar-refractivity contribution in [1.82, 2.24) is 10.3 Å². The number of para-hydroxylation sites is 2. The molecule has 4 aromatic rings. The summed E-state index contributed by atoms with van der Waals surface area (Å²) in [4.78, 5) is 18.9. The molecule has 0 unspecified atom stereocenters. The Labute approximate surface area is 177 Å². The van der Waals surface area contributed by atoms with Crippen molar-refractivity contribution in [3.63, 3.8) is 0 Å². The molecule has 0 saturated carbocycles. The summed E-state index contributed by atoms with van der Waals surface area (Å²) in [5, 5.41) is 4.16. The minimum absolute atomic E-state index is 0.132. The third-order valence-corrected chi connectivity index (χ3v) is 5.26. The molecule has 2 N–H and O–H groups in total. The summed E-state index contributed by atoms with van der Waals surface area (Å²) in [5.74, 6) is 0. The number of aromatic amines is 1. The maximum Gasteiger partial charge on any atom is 0.326 e. The molecule has 152 valence electrons. The number of urea groups is 1. The van der Waals surface area contributed by atoms with Crippen molar-refractivity contribution < 1.29 is 4.79 Å². The molecule has 0 aliphatic heterocycles. The van der Waals surface area contributed by atoms with E-state index in [0.717, 1.165) is 52.8 Å². The maximum absolute atomic E-state index is 13.5. The third-order valence-electron chi connectivity index (χ3n) is 5.26. The van der Waals surface area contributed by atoms with Crippen LogP contribution in [0, 0.1) is 0 Å². The second-order valence-electron chi connectivity index (χ2n) is 7.42. The molecular weight excluding hydrogens is 370 g/mol. The number of unbranched alkanes of at least 4 members (excludes halogenated alkanes) is 1. The molecule has 4 heteroatoms. The molecule has 0 aliphatic rings. The molecule has 0 bridgehead atoms. The van der Waals surface area contributed by atoms with Crippen LogP contribution in [0.3, 0.4) is 0 Å². The standard InChI is InChI=1S/C26H27N3O/c1-2-3-17-24-25(22-16-10-11-18-23(22)28-24)29(21-14-8-5-9-15-21)26(30)27-19-20-12-6-4-7-13-20/h4-16,18,28H,2-3,17,19H2,1H3,(H,27,30). The number of carbonyl (C=O) groups excluding carboxylic acids is 1. The van der Waals surface area contributed by atoms with Crippen molar-refractivity contribution in [2.45, 2.75) is 32.7 Å². The van der Waals surface area contributed by atoms with Crippen LogP contribution in [0.5, 0.6) is 0 Å². The lowest BCUT2D eigenvalue weighted by molar-refractivity contribution is 0.248. The second kappa shape index (κ2) is 9.31. The van der Waals surface area contributed by atoms with Crippen LogP contribution in [0.4, 0.5) is 16.2 Å². The fourth-order valence-electron chi connectivity index (χ4n) is 3.75. The van der Waals surface area contributed by atoms with Gasteiger partial charge in [0.2, 0.25) is 0 Å². The second-order valence-corrected chi connectivity index (χ2v) is 7.42. The number of aromatic nitrogens is 1. The van der Waals surface area contributed by atoms with Crippen molar-refractivity contribution in [2.24, 2.45) is 0 Å². The van der Waals surface area contributed by atoms with E-state index in [-0.39, 0.29) is 6.03 Å². The van der Waals surface area contributed by atoms with Crippen molar-refractivity contribution >= 4 is 28.3 Å². The summed E-state index contributed by atoms with van der Waals surface area (Å²) in [6.07, 6.45) is 3.06. The number of aryl methyl sites for hydroxylation is 1. The number of benzene rings is 3. The smallest absolute Gasteiger partial charge is 0.326 e. The minimum atomic E-state index is -0.132. The van der Waals surface area contributed by atoms with Crippen LogP contribution in [0.2, 0.25) is 0 Å². The quantitative estimate of drug-likeness (QED) is 0.364. The van der Waals surface area contributed by atoms with Gasteiger partial charge in [0.15, 0.2) is 0 Å². The van der Waals surface area contributed by atoms with Crippen LogP contribution in [0.1, 0.15) is 31.0 Å². The maximum atomic E-state index is 13.5. The lowest BCUT2D eigenvalue weighted by atomic mass is 10.1. The lowest BCUT2D eigenvalue weighted by Crippen LogP contribution is -2.36. The number of nitrogens with one attached hydrogen (secondary N) is 2. The fraction of sp³-hybridized carbons (Fsp3) is 0.192.